The molecule has 1 heterocycles. The molecule has 0 saturated carbocycles. The molecular formula is C13H13ClN2O. The third-order valence-electron chi connectivity index (χ3n) is 2.99. The average molecular weight is 249 g/mol. The van der Waals surface area contributed by atoms with Crippen LogP contribution in [0.5, 0.6) is 0 Å². The van der Waals surface area contributed by atoms with E-state index in [2.05, 4.69) is 13.0 Å². The minimum Gasteiger partial charge on any atom is -0.318 e. The van der Waals surface area contributed by atoms with Gasteiger partial charge in [-0.2, -0.15) is 5.26 Å². The Hall–Kier alpha value is -1.53. The molecule has 88 valence electrons. The number of benzene rings is 1. The zero-order valence-corrected chi connectivity index (χ0v) is 10.4. The van der Waals surface area contributed by atoms with E-state index in [4.69, 9.17) is 11.6 Å². The van der Waals surface area contributed by atoms with E-state index in [9.17, 15) is 10.1 Å². The van der Waals surface area contributed by atoms with Gasteiger partial charge in [0.25, 0.3) is 5.91 Å². The molecule has 1 aliphatic heterocycles. The quantitative estimate of drug-likeness (QED) is 0.825. The van der Waals surface area contributed by atoms with Crippen LogP contribution >= 0.6 is 11.6 Å². The van der Waals surface area contributed by atoms with Gasteiger partial charge in [-0.3, -0.25) is 4.79 Å². The van der Waals surface area contributed by atoms with Crippen molar-refractivity contribution in [2.45, 2.75) is 25.8 Å². The number of hydrogen-bond acceptors (Lipinski definition) is 2. The predicted octanol–water partition coefficient (Wildman–Crippen LogP) is 3.16. The molecule has 0 fully saturated rings. The zero-order valence-electron chi connectivity index (χ0n) is 9.61. The molecule has 0 saturated heterocycles. The van der Waals surface area contributed by atoms with Crippen LogP contribution < -0.4 is 0 Å². The molecule has 17 heavy (non-hydrogen) atoms. The SMILES string of the molecule is CCCCN1C(=O)c2ccc(Cl)cc2C1C#N. The first-order chi connectivity index (χ1) is 8.19. The summed E-state index contributed by atoms with van der Waals surface area (Å²) in [5.41, 5.74) is 1.35. The maximum absolute atomic E-state index is 12.1. The number of rotatable bonds is 3. The largest absolute Gasteiger partial charge is 0.318 e. The molecule has 0 aromatic heterocycles. The lowest BCUT2D eigenvalue weighted by molar-refractivity contribution is 0.0755. The molecule has 3 nitrogen and oxygen atoms in total. The fraction of sp³-hybridized carbons (Fsp3) is 0.385. The van der Waals surface area contributed by atoms with Crippen LogP contribution in [0.25, 0.3) is 0 Å². The lowest BCUT2D eigenvalue weighted by atomic mass is 10.1. The molecule has 0 bridgehead atoms. The summed E-state index contributed by atoms with van der Waals surface area (Å²) in [5.74, 6) is -0.0586. The first-order valence-electron chi connectivity index (χ1n) is 5.69. The Morgan fingerprint density at radius 2 is 2.29 bits per heavy atom. The zero-order chi connectivity index (χ0) is 12.4. The fourth-order valence-electron chi connectivity index (χ4n) is 2.09. The number of carbonyl (C=O) groups excluding carboxylic acids is 1. The van der Waals surface area contributed by atoms with Crippen LogP contribution in [-0.2, 0) is 0 Å². The van der Waals surface area contributed by atoms with E-state index < -0.39 is 6.04 Å². The third kappa shape index (κ3) is 2.01. The number of halogens is 1. The van der Waals surface area contributed by atoms with Gasteiger partial charge in [-0.15, -0.1) is 0 Å². The molecule has 1 amide bonds. The average Bonchev–Trinajstić information content (AvgIpc) is 2.58. The van der Waals surface area contributed by atoms with E-state index in [1.54, 1.807) is 23.1 Å². The maximum Gasteiger partial charge on any atom is 0.255 e. The number of hydrogen-bond donors (Lipinski definition) is 0. The van der Waals surface area contributed by atoms with Crippen molar-refractivity contribution in [3.8, 4) is 6.07 Å². The molecular weight excluding hydrogens is 236 g/mol. The fourth-order valence-corrected chi connectivity index (χ4v) is 2.27. The molecule has 1 aromatic rings. The number of carbonyl (C=O) groups is 1. The number of unbranched alkanes of at least 4 members (excludes halogenated alkanes) is 1. The molecule has 0 radical (unpaired) electrons. The van der Waals surface area contributed by atoms with Gasteiger partial charge in [-0.25, -0.2) is 0 Å². The Bertz CT molecular complexity index is 493. The maximum atomic E-state index is 12.1. The van der Waals surface area contributed by atoms with E-state index >= 15 is 0 Å². The summed E-state index contributed by atoms with van der Waals surface area (Å²) in [7, 11) is 0. The topological polar surface area (TPSA) is 44.1 Å². The summed E-state index contributed by atoms with van der Waals surface area (Å²) in [6.07, 6.45) is 1.91. The van der Waals surface area contributed by atoms with Crippen LogP contribution in [0.4, 0.5) is 0 Å². The predicted molar refractivity (Wildman–Crippen MR) is 65.8 cm³/mol. The summed E-state index contributed by atoms with van der Waals surface area (Å²) in [6.45, 7) is 2.69. The molecule has 0 N–H and O–H groups in total. The minimum atomic E-state index is -0.484. The van der Waals surface area contributed by atoms with Crippen molar-refractivity contribution in [3.63, 3.8) is 0 Å². The second kappa shape index (κ2) is 4.77. The van der Waals surface area contributed by atoms with Gasteiger partial charge >= 0.3 is 0 Å². The van der Waals surface area contributed by atoms with Crippen molar-refractivity contribution < 1.29 is 4.79 Å². The standard InChI is InChI=1S/C13H13ClN2O/c1-2-3-6-16-12(8-15)11-7-9(14)4-5-10(11)13(16)17/h4-5,7,12H,2-3,6H2,1H3. The Labute approximate surface area is 106 Å². The van der Waals surface area contributed by atoms with Gasteiger partial charge in [-0.05, 0) is 24.6 Å². The summed E-state index contributed by atoms with van der Waals surface area (Å²) < 4.78 is 0. The third-order valence-corrected chi connectivity index (χ3v) is 3.22. The first-order valence-corrected chi connectivity index (χ1v) is 6.07. The van der Waals surface area contributed by atoms with Crippen LogP contribution in [0.15, 0.2) is 18.2 Å². The van der Waals surface area contributed by atoms with E-state index in [1.165, 1.54) is 0 Å². The highest BCUT2D eigenvalue weighted by atomic mass is 35.5. The number of amides is 1. The summed E-state index contributed by atoms with van der Waals surface area (Å²) >= 11 is 5.91. The molecule has 4 heteroatoms. The van der Waals surface area contributed by atoms with Gasteiger partial charge < -0.3 is 4.90 Å². The van der Waals surface area contributed by atoms with Gasteiger partial charge in [0.05, 0.1) is 6.07 Å². The second-order valence-corrected chi connectivity index (χ2v) is 4.55. The van der Waals surface area contributed by atoms with Crippen molar-refractivity contribution in [1.29, 1.82) is 5.26 Å². The smallest absolute Gasteiger partial charge is 0.255 e. The molecule has 1 atom stereocenters. The molecule has 1 aromatic carbocycles. The number of nitrogens with zero attached hydrogens (tertiary/aromatic N) is 2. The Morgan fingerprint density at radius 1 is 1.53 bits per heavy atom. The Balaban J connectivity index is 2.37. The highest BCUT2D eigenvalue weighted by Crippen LogP contribution is 2.34. The van der Waals surface area contributed by atoms with Crippen LogP contribution in [0, 0.1) is 11.3 Å². The molecule has 0 spiro atoms. The summed E-state index contributed by atoms with van der Waals surface area (Å²) in [5, 5.41) is 9.77. The number of fused-ring (bicyclic) bond motifs is 1. The van der Waals surface area contributed by atoms with Crippen molar-refractivity contribution in [2.75, 3.05) is 6.54 Å². The van der Waals surface area contributed by atoms with Crippen LogP contribution in [-0.4, -0.2) is 17.4 Å². The van der Waals surface area contributed by atoms with Gasteiger partial charge in [-0.1, -0.05) is 24.9 Å². The second-order valence-electron chi connectivity index (χ2n) is 4.12. The van der Waals surface area contributed by atoms with Crippen LogP contribution in [0.1, 0.15) is 41.7 Å². The van der Waals surface area contributed by atoms with Crippen molar-refractivity contribution in [2.24, 2.45) is 0 Å². The van der Waals surface area contributed by atoms with Crippen LogP contribution in [0.2, 0.25) is 5.02 Å². The first kappa shape index (κ1) is 11.9. The normalized spacial score (nSPS) is 18.1. The highest BCUT2D eigenvalue weighted by molar-refractivity contribution is 6.30. The monoisotopic (exact) mass is 248 g/mol. The van der Waals surface area contributed by atoms with Crippen molar-refractivity contribution in [3.05, 3.63) is 34.3 Å². The summed E-state index contributed by atoms with van der Waals surface area (Å²) in [4.78, 5) is 13.7. The van der Waals surface area contributed by atoms with Crippen molar-refractivity contribution >= 4 is 17.5 Å². The van der Waals surface area contributed by atoms with Gasteiger partial charge in [0.1, 0.15) is 6.04 Å². The Kier molecular flexibility index (Phi) is 3.35. The lowest BCUT2D eigenvalue weighted by Crippen LogP contribution is -2.28. The van der Waals surface area contributed by atoms with E-state index in [1.807, 2.05) is 0 Å². The van der Waals surface area contributed by atoms with E-state index in [0.717, 1.165) is 18.4 Å². The van der Waals surface area contributed by atoms with E-state index in [-0.39, 0.29) is 5.91 Å². The highest BCUT2D eigenvalue weighted by Gasteiger charge is 2.36. The van der Waals surface area contributed by atoms with E-state index in [0.29, 0.717) is 17.1 Å². The lowest BCUT2D eigenvalue weighted by Gasteiger charge is -2.19. The van der Waals surface area contributed by atoms with Gasteiger partial charge in [0.15, 0.2) is 0 Å². The van der Waals surface area contributed by atoms with Gasteiger partial charge in [0, 0.05) is 22.7 Å². The minimum absolute atomic E-state index is 0.0586. The van der Waals surface area contributed by atoms with Gasteiger partial charge in [0.2, 0.25) is 0 Å². The molecule has 1 aliphatic rings. The molecule has 1 unspecified atom stereocenters. The van der Waals surface area contributed by atoms with Crippen molar-refractivity contribution in [1.82, 2.24) is 4.90 Å². The molecule has 0 aliphatic carbocycles. The number of nitriles is 1. The summed E-state index contributed by atoms with van der Waals surface area (Å²) in [6, 6.07) is 6.81. The molecule has 2 rings (SSSR count). The Morgan fingerprint density at radius 3 is 2.94 bits per heavy atom. The van der Waals surface area contributed by atoms with Crippen LogP contribution in [0.3, 0.4) is 0 Å².